The Balaban J connectivity index is 3.10. The van der Waals surface area contributed by atoms with E-state index >= 15 is 0 Å². The van der Waals surface area contributed by atoms with Crippen molar-refractivity contribution in [2.24, 2.45) is 5.41 Å². The zero-order chi connectivity index (χ0) is 10.3. The molecular formula is C11H19ClSi. The van der Waals surface area contributed by atoms with E-state index in [0.717, 1.165) is 6.42 Å². The highest BCUT2D eigenvalue weighted by Crippen LogP contribution is 2.39. The molecule has 0 nitrogen and oxygen atoms in total. The first kappa shape index (κ1) is 11.1. The molecule has 13 heavy (non-hydrogen) atoms. The van der Waals surface area contributed by atoms with Gasteiger partial charge >= 0.3 is 0 Å². The summed E-state index contributed by atoms with van der Waals surface area (Å²) in [6.07, 6.45) is 5.58. The van der Waals surface area contributed by atoms with Crippen molar-refractivity contribution >= 4 is 18.5 Å². The van der Waals surface area contributed by atoms with Crippen LogP contribution in [-0.4, -0.2) is 7.38 Å². The van der Waals surface area contributed by atoms with E-state index in [4.69, 9.17) is 11.1 Å². The molecule has 0 aromatic heterocycles. The van der Waals surface area contributed by atoms with Gasteiger partial charge in [0.2, 0.25) is 0 Å². The molecule has 0 aromatic carbocycles. The molecule has 0 fully saturated rings. The SMILES string of the molecule is CC(C)(C)C1=C([Si](C)(C)Cl)CC=C1. The molecular weight excluding hydrogens is 196 g/mol. The first-order valence-corrected chi connectivity index (χ1v) is 8.83. The minimum atomic E-state index is -1.61. The van der Waals surface area contributed by atoms with Crippen molar-refractivity contribution in [3.63, 3.8) is 0 Å². The number of hydrogen-bond donors (Lipinski definition) is 0. The molecule has 74 valence electrons. The van der Waals surface area contributed by atoms with Gasteiger partial charge in [0.15, 0.2) is 7.38 Å². The summed E-state index contributed by atoms with van der Waals surface area (Å²) in [5, 5.41) is 1.52. The molecule has 0 amide bonds. The molecule has 0 aromatic rings. The van der Waals surface area contributed by atoms with Crippen LogP contribution in [0.15, 0.2) is 22.9 Å². The molecule has 0 N–H and O–H groups in total. The summed E-state index contributed by atoms with van der Waals surface area (Å²) < 4.78 is 0. The van der Waals surface area contributed by atoms with Crippen LogP contribution in [0.4, 0.5) is 0 Å². The highest BCUT2D eigenvalue weighted by molar-refractivity contribution is 7.23. The van der Waals surface area contributed by atoms with E-state index in [2.05, 4.69) is 46.0 Å². The van der Waals surface area contributed by atoms with Crippen LogP contribution in [0, 0.1) is 5.41 Å². The molecule has 0 heterocycles. The van der Waals surface area contributed by atoms with Crippen molar-refractivity contribution in [3.8, 4) is 0 Å². The van der Waals surface area contributed by atoms with E-state index in [9.17, 15) is 0 Å². The van der Waals surface area contributed by atoms with Gasteiger partial charge in [-0.25, -0.2) is 0 Å². The molecule has 1 rings (SSSR count). The zero-order valence-electron chi connectivity index (χ0n) is 9.24. The first-order chi connectivity index (χ1) is 5.73. The van der Waals surface area contributed by atoms with Crippen molar-refractivity contribution in [2.75, 3.05) is 0 Å². The van der Waals surface area contributed by atoms with E-state index < -0.39 is 7.38 Å². The second-order valence-corrected chi connectivity index (χ2v) is 11.6. The van der Waals surface area contributed by atoms with Gasteiger partial charge in [-0.3, -0.25) is 0 Å². The Morgan fingerprint density at radius 3 is 2.15 bits per heavy atom. The van der Waals surface area contributed by atoms with Crippen LogP contribution in [0.2, 0.25) is 13.1 Å². The van der Waals surface area contributed by atoms with Crippen molar-refractivity contribution in [3.05, 3.63) is 22.9 Å². The predicted molar refractivity (Wildman–Crippen MR) is 63.6 cm³/mol. The fraction of sp³-hybridized carbons (Fsp3) is 0.636. The zero-order valence-corrected chi connectivity index (χ0v) is 11.0. The van der Waals surface area contributed by atoms with Gasteiger partial charge in [0.05, 0.1) is 0 Å². The van der Waals surface area contributed by atoms with E-state index in [-0.39, 0.29) is 5.41 Å². The Hall–Kier alpha value is -0.0131. The maximum atomic E-state index is 6.48. The highest BCUT2D eigenvalue weighted by atomic mass is 35.6. The smallest absolute Gasteiger partial charge is 0.162 e. The Labute approximate surface area is 87.4 Å². The molecule has 0 aliphatic heterocycles. The second-order valence-electron chi connectivity index (χ2n) is 5.22. The molecule has 0 spiro atoms. The lowest BCUT2D eigenvalue weighted by molar-refractivity contribution is 0.516. The third kappa shape index (κ3) is 2.47. The Morgan fingerprint density at radius 2 is 1.85 bits per heavy atom. The summed E-state index contributed by atoms with van der Waals surface area (Å²) >= 11 is 6.48. The van der Waals surface area contributed by atoms with Gasteiger partial charge in [-0.05, 0) is 17.4 Å². The number of allylic oxidation sites excluding steroid dienone is 4. The van der Waals surface area contributed by atoms with Gasteiger partial charge in [-0.1, -0.05) is 51.2 Å². The average molecular weight is 215 g/mol. The summed E-state index contributed by atoms with van der Waals surface area (Å²) in [4.78, 5) is 0. The van der Waals surface area contributed by atoms with Gasteiger partial charge < -0.3 is 0 Å². The van der Waals surface area contributed by atoms with Gasteiger partial charge in [0, 0.05) is 0 Å². The Kier molecular flexibility index (Phi) is 2.80. The third-order valence-electron chi connectivity index (χ3n) is 2.46. The monoisotopic (exact) mass is 214 g/mol. The second kappa shape index (κ2) is 3.29. The minimum Gasteiger partial charge on any atom is -0.162 e. The Bertz CT molecular complexity index is 261. The summed E-state index contributed by atoms with van der Waals surface area (Å²) in [6, 6.07) is 0. The van der Waals surface area contributed by atoms with Crippen LogP contribution in [0.3, 0.4) is 0 Å². The topological polar surface area (TPSA) is 0 Å². The van der Waals surface area contributed by atoms with E-state index in [0.29, 0.717) is 0 Å². The minimum absolute atomic E-state index is 0.251. The normalized spacial score (nSPS) is 18.6. The van der Waals surface area contributed by atoms with Gasteiger partial charge in [-0.2, -0.15) is 11.1 Å². The van der Waals surface area contributed by atoms with Crippen LogP contribution in [-0.2, 0) is 0 Å². The summed E-state index contributed by atoms with van der Waals surface area (Å²) in [5.41, 5.74) is 1.72. The average Bonchev–Trinajstić information content (AvgIpc) is 2.27. The van der Waals surface area contributed by atoms with Gasteiger partial charge in [-0.15, -0.1) is 0 Å². The molecule has 1 aliphatic rings. The number of hydrogen-bond acceptors (Lipinski definition) is 0. The van der Waals surface area contributed by atoms with Gasteiger partial charge in [0.25, 0.3) is 0 Å². The van der Waals surface area contributed by atoms with Gasteiger partial charge in [0.1, 0.15) is 0 Å². The van der Waals surface area contributed by atoms with Crippen molar-refractivity contribution in [1.29, 1.82) is 0 Å². The third-order valence-corrected chi connectivity index (χ3v) is 5.05. The standard InChI is InChI=1S/C11H19ClSi/c1-11(2,3)9-7-6-8-10(9)13(4,5)12/h6-7H,8H2,1-5H3. The maximum Gasteiger partial charge on any atom is 0.177 e. The molecule has 0 atom stereocenters. The van der Waals surface area contributed by atoms with Crippen molar-refractivity contribution < 1.29 is 0 Å². The lowest BCUT2D eigenvalue weighted by Gasteiger charge is -2.26. The fourth-order valence-electron chi connectivity index (χ4n) is 1.77. The number of rotatable bonds is 1. The van der Waals surface area contributed by atoms with Crippen LogP contribution in [0.25, 0.3) is 0 Å². The first-order valence-electron chi connectivity index (χ1n) is 4.82. The van der Waals surface area contributed by atoms with E-state index in [1.165, 1.54) is 10.8 Å². The largest absolute Gasteiger partial charge is 0.177 e. The molecule has 0 saturated carbocycles. The quantitative estimate of drug-likeness (QED) is 0.452. The molecule has 0 bridgehead atoms. The van der Waals surface area contributed by atoms with Crippen LogP contribution >= 0.6 is 11.1 Å². The molecule has 0 saturated heterocycles. The fourth-order valence-corrected chi connectivity index (χ4v) is 4.01. The number of halogens is 1. The molecule has 0 unspecified atom stereocenters. The van der Waals surface area contributed by atoms with Crippen LogP contribution in [0.5, 0.6) is 0 Å². The Morgan fingerprint density at radius 1 is 1.31 bits per heavy atom. The van der Waals surface area contributed by atoms with E-state index in [1.807, 2.05) is 0 Å². The summed E-state index contributed by atoms with van der Waals surface area (Å²) in [6.45, 7) is 11.2. The van der Waals surface area contributed by atoms with Crippen LogP contribution in [0.1, 0.15) is 27.2 Å². The molecule has 0 radical (unpaired) electrons. The lowest BCUT2D eigenvalue weighted by atomic mass is 9.87. The summed E-state index contributed by atoms with van der Waals surface area (Å²) in [5.74, 6) is 0. The van der Waals surface area contributed by atoms with Crippen LogP contribution < -0.4 is 0 Å². The predicted octanol–water partition coefficient (Wildman–Crippen LogP) is 4.27. The van der Waals surface area contributed by atoms with E-state index in [1.54, 1.807) is 0 Å². The van der Waals surface area contributed by atoms with Crippen molar-refractivity contribution in [1.82, 2.24) is 0 Å². The van der Waals surface area contributed by atoms with Crippen molar-refractivity contribution in [2.45, 2.75) is 40.3 Å². The lowest BCUT2D eigenvalue weighted by Crippen LogP contribution is -2.24. The molecule has 2 heteroatoms. The highest BCUT2D eigenvalue weighted by Gasteiger charge is 2.31. The summed E-state index contributed by atoms with van der Waals surface area (Å²) in [7, 11) is -1.61. The maximum absolute atomic E-state index is 6.48. The molecule has 1 aliphatic carbocycles.